The maximum Gasteiger partial charge on any atom is 0.324 e. The summed E-state index contributed by atoms with van der Waals surface area (Å²) in [4.78, 5) is 20.6. The Labute approximate surface area is 108 Å². The molecule has 1 N–H and O–H groups in total. The van der Waals surface area contributed by atoms with Gasteiger partial charge in [0.25, 0.3) is 5.91 Å². The van der Waals surface area contributed by atoms with Crippen molar-refractivity contribution in [3.8, 4) is 0 Å². The van der Waals surface area contributed by atoms with E-state index in [-0.39, 0.29) is 0 Å². The lowest BCUT2D eigenvalue weighted by Gasteiger charge is -2.15. The monoisotopic (exact) mass is 298 g/mol. The molecule has 10 heteroatoms. The summed E-state index contributed by atoms with van der Waals surface area (Å²) in [5, 5.41) is 11.8. The van der Waals surface area contributed by atoms with Gasteiger partial charge in [-0.25, -0.2) is 8.78 Å². The molecular formula is C10H7F5N2O3. The summed E-state index contributed by atoms with van der Waals surface area (Å²) in [6.45, 7) is -1.64. The highest BCUT2D eigenvalue weighted by Crippen LogP contribution is 2.22. The number of rotatable bonds is 5. The van der Waals surface area contributed by atoms with Crippen LogP contribution in [0.15, 0.2) is 18.2 Å². The molecule has 110 valence electrons. The van der Waals surface area contributed by atoms with Gasteiger partial charge < -0.3 is 5.32 Å². The molecule has 0 fully saturated rings. The average Bonchev–Trinajstić information content (AvgIpc) is 2.35. The third kappa shape index (κ3) is 3.62. The zero-order valence-electron chi connectivity index (χ0n) is 9.58. The van der Waals surface area contributed by atoms with Gasteiger partial charge in [-0.05, 0) is 12.1 Å². The molecule has 0 radical (unpaired) electrons. The minimum atomic E-state index is -4.42. The van der Waals surface area contributed by atoms with Gasteiger partial charge >= 0.3 is 18.0 Å². The van der Waals surface area contributed by atoms with Gasteiger partial charge in [0.05, 0.1) is 11.5 Å². The molecule has 5 nitrogen and oxygen atoms in total. The van der Waals surface area contributed by atoms with Gasteiger partial charge in [0.1, 0.15) is 0 Å². The van der Waals surface area contributed by atoms with Gasteiger partial charge in [-0.3, -0.25) is 14.9 Å². The minimum Gasteiger partial charge on any atom is -0.346 e. The molecule has 20 heavy (non-hydrogen) atoms. The number of benzene rings is 1. The third-order valence-corrected chi connectivity index (χ3v) is 2.21. The summed E-state index contributed by atoms with van der Waals surface area (Å²) in [5.74, 6) is -7.02. The second kappa shape index (κ2) is 5.80. The predicted molar refractivity (Wildman–Crippen MR) is 56.3 cm³/mol. The standard InChI is InChI=1S/C10H7F5N2O3/c11-6-3-5(1-2-7(6)17(19)20)8(18)16-4-10(14,15)9(12)13/h1-3,9H,4H2,(H,16,18). The highest BCUT2D eigenvalue weighted by atomic mass is 19.3. The lowest BCUT2D eigenvalue weighted by Crippen LogP contribution is -2.41. The number of carbonyl (C=O) groups excluding carboxylic acids is 1. The fourth-order valence-electron chi connectivity index (χ4n) is 1.17. The van der Waals surface area contributed by atoms with E-state index in [4.69, 9.17) is 0 Å². The largest absolute Gasteiger partial charge is 0.346 e. The van der Waals surface area contributed by atoms with Crippen LogP contribution >= 0.6 is 0 Å². The fourth-order valence-corrected chi connectivity index (χ4v) is 1.17. The number of halogens is 5. The fraction of sp³-hybridized carbons (Fsp3) is 0.300. The second-order valence-electron chi connectivity index (χ2n) is 3.67. The highest BCUT2D eigenvalue weighted by Gasteiger charge is 2.40. The molecule has 1 aromatic carbocycles. The van der Waals surface area contributed by atoms with E-state index < -0.39 is 46.8 Å². The molecule has 0 saturated carbocycles. The lowest BCUT2D eigenvalue weighted by molar-refractivity contribution is -0.387. The van der Waals surface area contributed by atoms with Crippen LogP contribution in [0.5, 0.6) is 0 Å². The maximum atomic E-state index is 13.2. The molecular weight excluding hydrogens is 291 g/mol. The first-order valence-electron chi connectivity index (χ1n) is 5.03. The van der Waals surface area contributed by atoms with Crippen LogP contribution in [0.25, 0.3) is 0 Å². The van der Waals surface area contributed by atoms with Crippen LogP contribution in [-0.4, -0.2) is 29.7 Å². The van der Waals surface area contributed by atoms with Crippen LogP contribution in [0.1, 0.15) is 10.4 Å². The van der Waals surface area contributed by atoms with Gasteiger partial charge in [-0.1, -0.05) is 0 Å². The SMILES string of the molecule is O=C(NCC(F)(F)C(F)F)c1ccc([N+](=O)[O-])c(F)c1. The maximum absolute atomic E-state index is 13.2. The molecule has 0 aliphatic carbocycles. The van der Waals surface area contributed by atoms with E-state index in [0.29, 0.717) is 12.1 Å². The number of amides is 1. The average molecular weight is 298 g/mol. The first-order valence-corrected chi connectivity index (χ1v) is 5.03. The van der Waals surface area contributed by atoms with Gasteiger partial charge in [0, 0.05) is 11.6 Å². The number of hydrogen-bond donors (Lipinski definition) is 1. The zero-order valence-corrected chi connectivity index (χ0v) is 9.58. The number of hydrogen-bond acceptors (Lipinski definition) is 3. The van der Waals surface area contributed by atoms with Crippen molar-refractivity contribution in [3.63, 3.8) is 0 Å². The van der Waals surface area contributed by atoms with E-state index in [1.165, 1.54) is 5.32 Å². The minimum absolute atomic E-state index is 0.452. The summed E-state index contributed by atoms with van der Waals surface area (Å²) in [6.07, 6.45) is -3.96. The van der Waals surface area contributed by atoms with Crippen LogP contribution < -0.4 is 5.32 Å². The van der Waals surface area contributed by atoms with E-state index in [1.807, 2.05) is 0 Å². The van der Waals surface area contributed by atoms with Gasteiger partial charge in [0.15, 0.2) is 0 Å². The van der Waals surface area contributed by atoms with E-state index in [9.17, 15) is 36.9 Å². The molecule has 0 spiro atoms. The van der Waals surface area contributed by atoms with Crippen molar-refractivity contribution in [2.45, 2.75) is 12.3 Å². The van der Waals surface area contributed by atoms with Crippen molar-refractivity contribution in [1.82, 2.24) is 5.32 Å². The van der Waals surface area contributed by atoms with Crippen molar-refractivity contribution in [2.24, 2.45) is 0 Å². The summed E-state index contributed by atoms with van der Waals surface area (Å²) >= 11 is 0. The van der Waals surface area contributed by atoms with Crippen molar-refractivity contribution in [2.75, 3.05) is 6.54 Å². The van der Waals surface area contributed by atoms with E-state index >= 15 is 0 Å². The Bertz CT molecular complexity index is 536. The third-order valence-electron chi connectivity index (χ3n) is 2.21. The summed E-state index contributed by atoms with van der Waals surface area (Å²) in [5.41, 5.74) is -1.40. The Morgan fingerprint density at radius 2 is 2.00 bits per heavy atom. The quantitative estimate of drug-likeness (QED) is 0.515. The second-order valence-corrected chi connectivity index (χ2v) is 3.67. The van der Waals surface area contributed by atoms with E-state index in [2.05, 4.69) is 0 Å². The molecule has 1 rings (SSSR count). The Morgan fingerprint density at radius 3 is 2.45 bits per heavy atom. The van der Waals surface area contributed by atoms with Crippen LogP contribution in [0, 0.1) is 15.9 Å². The number of nitrogens with zero attached hydrogens (tertiary/aromatic N) is 1. The number of carbonyl (C=O) groups is 1. The Hall–Kier alpha value is -2.26. The first kappa shape index (κ1) is 15.8. The Morgan fingerprint density at radius 1 is 1.40 bits per heavy atom. The van der Waals surface area contributed by atoms with Crippen LogP contribution in [0.3, 0.4) is 0 Å². The molecule has 1 amide bonds. The summed E-state index contributed by atoms with van der Waals surface area (Å²) in [6, 6.07) is 1.93. The van der Waals surface area contributed by atoms with Gasteiger partial charge in [0.2, 0.25) is 5.82 Å². The summed E-state index contributed by atoms with van der Waals surface area (Å²) < 4.78 is 61.9. The molecule has 0 aliphatic heterocycles. The van der Waals surface area contributed by atoms with Gasteiger partial charge in [-0.15, -0.1) is 0 Å². The van der Waals surface area contributed by atoms with Crippen LogP contribution in [0.4, 0.5) is 27.6 Å². The molecule has 0 aromatic heterocycles. The first-order chi connectivity index (χ1) is 9.15. The Balaban J connectivity index is 2.79. The van der Waals surface area contributed by atoms with Crippen molar-refractivity contribution >= 4 is 11.6 Å². The zero-order chi connectivity index (χ0) is 15.5. The number of nitro groups is 1. The predicted octanol–water partition coefficient (Wildman–Crippen LogP) is 2.36. The topological polar surface area (TPSA) is 72.2 Å². The molecule has 0 aliphatic rings. The van der Waals surface area contributed by atoms with Crippen molar-refractivity contribution < 1.29 is 31.7 Å². The normalized spacial score (nSPS) is 11.5. The van der Waals surface area contributed by atoms with E-state index in [1.54, 1.807) is 0 Å². The van der Waals surface area contributed by atoms with Crippen LogP contribution in [0.2, 0.25) is 0 Å². The smallest absolute Gasteiger partial charge is 0.324 e. The number of nitrogens with one attached hydrogen (secondary N) is 1. The van der Waals surface area contributed by atoms with Gasteiger partial charge in [-0.2, -0.15) is 13.2 Å². The molecule has 0 bridgehead atoms. The molecule has 1 aromatic rings. The van der Waals surface area contributed by atoms with E-state index in [0.717, 1.165) is 6.07 Å². The Kier molecular flexibility index (Phi) is 4.58. The molecule has 0 saturated heterocycles. The molecule has 0 heterocycles. The number of nitro benzene ring substituents is 1. The van der Waals surface area contributed by atoms with Crippen molar-refractivity contribution in [1.29, 1.82) is 0 Å². The molecule has 0 atom stereocenters. The molecule has 0 unspecified atom stereocenters. The highest BCUT2D eigenvalue weighted by molar-refractivity contribution is 5.94. The lowest BCUT2D eigenvalue weighted by atomic mass is 10.2. The van der Waals surface area contributed by atoms with Crippen LogP contribution in [-0.2, 0) is 0 Å². The number of alkyl halides is 4. The summed E-state index contributed by atoms with van der Waals surface area (Å²) in [7, 11) is 0. The van der Waals surface area contributed by atoms with Crippen molar-refractivity contribution in [3.05, 3.63) is 39.7 Å².